The number of nitrogens with one attached hydrogen (secondary N) is 1. The number of carbonyl (C=O) groups excluding carboxylic acids is 1. The molecule has 1 unspecified atom stereocenters. The predicted molar refractivity (Wildman–Crippen MR) is 74.2 cm³/mol. The van der Waals surface area contributed by atoms with Gasteiger partial charge in [0.1, 0.15) is 5.82 Å². The van der Waals surface area contributed by atoms with Crippen LogP contribution in [0.1, 0.15) is 28.9 Å². The topological polar surface area (TPSA) is 42.0 Å². The minimum Gasteiger partial charge on any atom is -0.345 e. The van der Waals surface area contributed by atoms with E-state index in [1.54, 1.807) is 24.5 Å². The molecule has 0 fully saturated rings. The number of pyridine rings is 1. The van der Waals surface area contributed by atoms with Crippen LogP contribution in [-0.2, 0) is 0 Å². The van der Waals surface area contributed by atoms with Crippen LogP contribution in [0.25, 0.3) is 0 Å². The SMILES string of the molecule is CC(NC(=O)c1cccc(F)c1Br)c1cccnc1. The van der Waals surface area contributed by atoms with Gasteiger partial charge in [0.15, 0.2) is 0 Å². The van der Waals surface area contributed by atoms with Gasteiger partial charge in [0.05, 0.1) is 16.1 Å². The van der Waals surface area contributed by atoms with Crippen LogP contribution in [0.2, 0.25) is 0 Å². The molecule has 2 aromatic rings. The highest BCUT2D eigenvalue weighted by molar-refractivity contribution is 9.10. The molecule has 0 saturated carbocycles. The van der Waals surface area contributed by atoms with Gasteiger partial charge in [0, 0.05) is 12.4 Å². The first-order valence-electron chi connectivity index (χ1n) is 5.74. The maximum atomic E-state index is 13.4. The molecule has 1 aromatic heterocycles. The fourth-order valence-electron chi connectivity index (χ4n) is 1.67. The normalized spacial score (nSPS) is 11.9. The van der Waals surface area contributed by atoms with Crippen LogP contribution in [0.3, 0.4) is 0 Å². The Kier molecular flexibility index (Phi) is 4.27. The van der Waals surface area contributed by atoms with E-state index in [0.717, 1.165) is 5.56 Å². The first kappa shape index (κ1) is 13.7. The standard InChI is InChI=1S/C14H12BrFN2O/c1-9(10-4-3-7-17-8-10)18-14(19)11-5-2-6-12(16)13(11)15/h2-9H,1H3,(H,18,19). The Hall–Kier alpha value is -1.75. The van der Waals surface area contributed by atoms with E-state index in [4.69, 9.17) is 0 Å². The number of benzene rings is 1. The van der Waals surface area contributed by atoms with E-state index < -0.39 is 5.82 Å². The lowest BCUT2D eigenvalue weighted by molar-refractivity contribution is 0.0938. The molecule has 0 spiro atoms. The third-order valence-corrected chi connectivity index (χ3v) is 3.53. The van der Waals surface area contributed by atoms with E-state index >= 15 is 0 Å². The summed E-state index contributed by atoms with van der Waals surface area (Å²) < 4.78 is 13.5. The first-order chi connectivity index (χ1) is 9.09. The van der Waals surface area contributed by atoms with E-state index in [1.807, 2.05) is 13.0 Å². The van der Waals surface area contributed by atoms with Gasteiger partial charge in [-0.15, -0.1) is 0 Å². The van der Waals surface area contributed by atoms with Gasteiger partial charge in [-0.3, -0.25) is 9.78 Å². The number of nitrogens with zero attached hydrogens (tertiary/aromatic N) is 1. The van der Waals surface area contributed by atoms with E-state index in [1.165, 1.54) is 12.1 Å². The second-order valence-corrected chi connectivity index (χ2v) is 4.88. The molecule has 1 heterocycles. The molecule has 0 aliphatic rings. The summed E-state index contributed by atoms with van der Waals surface area (Å²) in [5.41, 5.74) is 1.17. The minimum absolute atomic E-state index is 0.172. The van der Waals surface area contributed by atoms with Crippen molar-refractivity contribution in [3.63, 3.8) is 0 Å². The molecule has 3 nitrogen and oxygen atoms in total. The smallest absolute Gasteiger partial charge is 0.253 e. The molecule has 1 atom stereocenters. The number of rotatable bonds is 3. The van der Waals surface area contributed by atoms with Crippen LogP contribution in [0, 0.1) is 5.82 Å². The Labute approximate surface area is 119 Å². The summed E-state index contributed by atoms with van der Waals surface area (Å²) in [4.78, 5) is 16.1. The third kappa shape index (κ3) is 3.17. The van der Waals surface area contributed by atoms with Crippen molar-refractivity contribution < 1.29 is 9.18 Å². The highest BCUT2D eigenvalue weighted by atomic mass is 79.9. The molecule has 1 aromatic carbocycles. The molecule has 1 N–H and O–H groups in total. The first-order valence-corrected chi connectivity index (χ1v) is 6.53. The summed E-state index contributed by atoms with van der Waals surface area (Å²) in [6.07, 6.45) is 3.35. The molecular weight excluding hydrogens is 311 g/mol. The summed E-state index contributed by atoms with van der Waals surface area (Å²) in [5.74, 6) is -0.788. The van der Waals surface area contributed by atoms with Crippen molar-refractivity contribution in [1.29, 1.82) is 0 Å². The van der Waals surface area contributed by atoms with Crippen LogP contribution < -0.4 is 5.32 Å². The lowest BCUT2D eigenvalue weighted by atomic mass is 10.1. The molecule has 5 heteroatoms. The number of halogens is 2. The largest absolute Gasteiger partial charge is 0.345 e. The molecule has 0 saturated heterocycles. The van der Waals surface area contributed by atoms with Crippen LogP contribution in [0.15, 0.2) is 47.2 Å². The van der Waals surface area contributed by atoms with Gasteiger partial charge in [0.2, 0.25) is 0 Å². The quantitative estimate of drug-likeness (QED) is 0.940. The van der Waals surface area contributed by atoms with Gasteiger partial charge in [-0.05, 0) is 46.6 Å². The van der Waals surface area contributed by atoms with Crippen molar-refractivity contribution >= 4 is 21.8 Å². The average Bonchev–Trinajstić information content (AvgIpc) is 2.42. The molecule has 0 aliphatic heterocycles. The van der Waals surface area contributed by atoms with Gasteiger partial charge in [-0.1, -0.05) is 12.1 Å². The Morgan fingerprint density at radius 3 is 2.84 bits per heavy atom. The second-order valence-electron chi connectivity index (χ2n) is 4.08. The number of amides is 1. The Morgan fingerprint density at radius 1 is 1.37 bits per heavy atom. The van der Waals surface area contributed by atoms with Crippen molar-refractivity contribution in [2.45, 2.75) is 13.0 Å². The maximum Gasteiger partial charge on any atom is 0.253 e. The fourth-order valence-corrected chi connectivity index (χ4v) is 2.11. The number of aromatic nitrogens is 1. The average molecular weight is 323 g/mol. The molecule has 0 aliphatic carbocycles. The second kappa shape index (κ2) is 5.93. The lowest BCUT2D eigenvalue weighted by Gasteiger charge is -2.14. The van der Waals surface area contributed by atoms with Crippen molar-refractivity contribution in [1.82, 2.24) is 10.3 Å². The number of hydrogen-bond donors (Lipinski definition) is 1. The van der Waals surface area contributed by atoms with E-state index in [-0.39, 0.29) is 22.0 Å². The van der Waals surface area contributed by atoms with E-state index in [0.29, 0.717) is 0 Å². The van der Waals surface area contributed by atoms with E-state index in [2.05, 4.69) is 26.2 Å². The maximum absolute atomic E-state index is 13.4. The highest BCUT2D eigenvalue weighted by Gasteiger charge is 2.15. The lowest BCUT2D eigenvalue weighted by Crippen LogP contribution is -2.27. The summed E-state index contributed by atoms with van der Waals surface area (Å²) in [6, 6.07) is 7.85. The van der Waals surface area contributed by atoms with Gasteiger partial charge >= 0.3 is 0 Å². The summed E-state index contributed by atoms with van der Waals surface area (Å²) in [6.45, 7) is 1.85. The van der Waals surface area contributed by atoms with Crippen molar-refractivity contribution in [2.75, 3.05) is 0 Å². The van der Waals surface area contributed by atoms with Gasteiger partial charge < -0.3 is 5.32 Å². The zero-order valence-electron chi connectivity index (χ0n) is 10.2. The Balaban J connectivity index is 2.16. The molecule has 2 rings (SSSR count). The van der Waals surface area contributed by atoms with Gasteiger partial charge in [-0.2, -0.15) is 0 Å². The Bertz CT molecular complexity index is 589. The van der Waals surface area contributed by atoms with Crippen molar-refractivity contribution in [3.8, 4) is 0 Å². The van der Waals surface area contributed by atoms with Crippen LogP contribution >= 0.6 is 15.9 Å². The summed E-state index contributed by atoms with van der Waals surface area (Å²) >= 11 is 3.08. The summed E-state index contributed by atoms with van der Waals surface area (Å²) in [5, 5.41) is 2.80. The van der Waals surface area contributed by atoms with Crippen molar-refractivity contribution in [2.24, 2.45) is 0 Å². The predicted octanol–water partition coefficient (Wildman–Crippen LogP) is 3.47. The zero-order chi connectivity index (χ0) is 13.8. The van der Waals surface area contributed by atoms with Gasteiger partial charge in [0.25, 0.3) is 5.91 Å². The number of hydrogen-bond acceptors (Lipinski definition) is 2. The molecule has 0 radical (unpaired) electrons. The highest BCUT2D eigenvalue weighted by Crippen LogP contribution is 2.21. The Morgan fingerprint density at radius 2 is 2.16 bits per heavy atom. The molecular formula is C14H12BrFN2O. The van der Waals surface area contributed by atoms with Crippen molar-refractivity contribution in [3.05, 3.63) is 64.1 Å². The van der Waals surface area contributed by atoms with Crippen LogP contribution in [0.4, 0.5) is 4.39 Å². The zero-order valence-corrected chi connectivity index (χ0v) is 11.8. The number of carbonyl (C=O) groups is 1. The van der Waals surface area contributed by atoms with E-state index in [9.17, 15) is 9.18 Å². The molecule has 98 valence electrons. The van der Waals surface area contributed by atoms with Crippen LogP contribution in [0.5, 0.6) is 0 Å². The fraction of sp³-hybridized carbons (Fsp3) is 0.143. The molecule has 19 heavy (non-hydrogen) atoms. The molecule has 0 bridgehead atoms. The molecule has 1 amide bonds. The minimum atomic E-state index is -0.457. The van der Waals surface area contributed by atoms with Gasteiger partial charge in [-0.25, -0.2) is 4.39 Å². The summed E-state index contributed by atoms with van der Waals surface area (Å²) in [7, 11) is 0. The van der Waals surface area contributed by atoms with Crippen LogP contribution in [-0.4, -0.2) is 10.9 Å². The monoisotopic (exact) mass is 322 g/mol. The third-order valence-electron chi connectivity index (χ3n) is 2.73.